The Morgan fingerprint density at radius 1 is 0.914 bits per heavy atom. The van der Waals surface area contributed by atoms with Gasteiger partial charge in [-0.25, -0.2) is 4.98 Å². The number of fused-ring (bicyclic) bond motifs is 1. The Balaban J connectivity index is 1.27. The molecule has 186 valence electrons. The van der Waals surface area contributed by atoms with E-state index in [1.165, 1.54) is 12.8 Å². The second-order valence-electron chi connectivity index (χ2n) is 9.29. The summed E-state index contributed by atoms with van der Waals surface area (Å²) in [5.74, 6) is 1.23. The molecule has 1 aromatic heterocycles. The summed E-state index contributed by atoms with van der Waals surface area (Å²) >= 11 is 5.88. The molecule has 0 unspecified atom stereocenters. The van der Waals surface area contributed by atoms with Gasteiger partial charge >= 0.3 is 0 Å². The average Bonchev–Trinajstić information content (AvgIpc) is 3.02. The summed E-state index contributed by atoms with van der Waals surface area (Å²) < 4.78 is 2.23. The number of nitrogens with zero attached hydrogens (tertiary/aromatic N) is 3. The highest BCUT2D eigenvalue weighted by atomic mass is 35.5. The van der Waals surface area contributed by atoms with Crippen LogP contribution >= 0.6 is 11.6 Å². The molecule has 2 heterocycles. The van der Waals surface area contributed by atoms with Crippen molar-refractivity contribution in [2.75, 3.05) is 19.6 Å². The normalized spacial score (nSPS) is 14.1. The van der Waals surface area contributed by atoms with Gasteiger partial charge in [0.15, 0.2) is 0 Å². The van der Waals surface area contributed by atoms with Crippen molar-refractivity contribution in [2.45, 2.75) is 64.3 Å². The first-order chi connectivity index (χ1) is 17.1. The van der Waals surface area contributed by atoms with Crippen LogP contribution in [0.4, 0.5) is 0 Å². The first-order valence-electron chi connectivity index (χ1n) is 12.9. The smallest absolute Gasteiger partial charge is 0.251 e. The number of benzene rings is 2. The van der Waals surface area contributed by atoms with Crippen molar-refractivity contribution in [3.05, 3.63) is 64.9 Å². The van der Waals surface area contributed by atoms with E-state index < -0.39 is 0 Å². The van der Waals surface area contributed by atoms with Crippen LogP contribution < -0.4 is 5.32 Å². The molecule has 2 aromatic carbocycles. The van der Waals surface area contributed by atoms with Crippen LogP contribution in [0, 0.1) is 0 Å². The van der Waals surface area contributed by atoms with Crippen molar-refractivity contribution < 1.29 is 9.59 Å². The van der Waals surface area contributed by atoms with Gasteiger partial charge in [-0.05, 0) is 62.1 Å². The molecule has 6 nitrogen and oxygen atoms in total. The molecule has 2 amide bonds. The van der Waals surface area contributed by atoms with Gasteiger partial charge < -0.3 is 14.8 Å². The number of aromatic nitrogens is 2. The number of nitrogens with one attached hydrogen (secondary N) is 1. The molecule has 1 saturated heterocycles. The van der Waals surface area contributed by atoms with E-state index in [0.29, 0.717) is 30.1 Å². The fraction of sp³-hybridized carbons (Fsp3) is 0.464. The SMILES string of the molecule is O=C(NCCCCCc1nc2ccccc2n1CCC(=O)N1CCCCCC1)c1ccc(Cl)cc1. The first-order valence-corrected chi connectivity index (χ1v) is 13.3. The third kappa shape index (κ3) is 7.07. The van der Waals surface area contributed by atoms with Gasteiger partial charge in [0.05, 0.1) is 11.0 Å². The summed E-state index contributed by atoms with van der Waals surface area (Å²) in [6, 6.07) is 15.1. The van der Waals surface area contributed by atoms with E-state index >= 15 is 0 Å². The number of amides is 2. The number of para-hydroxylation sites is 2. The minimum Gasteiger partial charge on any atom is -0.352 e. The summed E-state index contributed by atoms with van der Waals surface area (Å²) in [4.78, 5) is 32.0. The van der Waals surface area contributed by atoms with Crippen LogP contribution in [0.15, 0.2) is 48.5 Å². The Labute approximate surface area is 212 Å². The fourth-order valence-electron chi connectivity index (χ4n) is 4.74. The summed E-state index contributed by atoms with van der Waals surface area (Å²) in [5, 5.41) is 3.60. The van der Waals surface area contributed by atoms with E-state index in [0.717, 1.165) is 68.5 Å². The van der Waals surface area contributed by atoms with E-state index in [1.807, 2.05) is 23.1 Å². The Kier molecular flexibility index (Phi) is 9.18. The van der Waals surface area contributed by atoms with Crippen molar-refractivity contribution in [1.82, 2.24) is 19.8 Å². The molecule has 1 fully saturated rings. The van der Waals surface area contributed by atoms with Crippen molar-refractivity contribution >= 4 is 34.4 Å². The monoisotopic (exact) mass is 494 g/mol. The molecule has 35 heavy (non-hydrogen) atoms. The highest BCUT2D eigenvalue weighted by Crippen LogP contribution is 2.19. The van der Waals surface area contributed by atoms with E-state index in [9.17, 15) is 9.59 Å². The maximum absolute atomic E-state index is 12.9. The predicted molar refractivity (Wildman–Crippen MR) is 141 cm³/mol. The molecule has 1 N–H and O–H groups in total. The molecule has 0 aliphatic carbocycles. The Morgan fingerprint density at radius 3 is 2.43 bits per heavy atom. The van der Waals surface area contributed by atoms with Gasteiger partial charge in [-0.15, -0.1) is 0 Å². The van der Waals surface area contributed by atoms with Crippen LogP contribution in [-0.4, -0.2) is 45.9 Å². The Morgan fingerprint density at radius 2 is 1.66 bits per heavy atom. The van der Waals surface area contributed by atoms with Crippen LogP contribution in [0.3, 0.4) is 0 Å². The lowest BCUT2D eigenvalue weighted by atomic mass is 10.1. The van der Waals surface area contributed by atoms with Crippen LogP contribution in [0.5, 0.6) is 0 Å². The number of aryl methyl sites for hydroxylation is 2. The zero-order chi connectivity index (χ0) is 24.5. The van der Waals surface area contributed by atoms with Crippen molar-refractivity contribution in [3.8, 4) is 0 Å². The topological polar surface area (TPSA) is 67.2 Å². The van der Waals surface area contributed by atoms with E-state index in [1.54, 1.807) is 24.3 Å². The number of carbonyl (C=O) groups excluding carboxylic acids is 2. The van der Waals surface area contributed by atoms with Crippen LogP contribution in [0.25, 0.3) is 11.0 Å². The van der Waals surface area contributed by atoms with Crippen LogP contribution in [0.1, 0.15) is 67.5 Å². The molecular formula is C28H35ClN4O2. The molecule has 1 aliphatic heterocycles. The molecule has 0 radical (unpaired) electrons. The minimum absolute atomic E-state index is 0.0717. The molecule has 4 rings (SSSR count). The number of unbranched alkanes of at least 4 members (excludes halogenated alkanes) is 2. The number of carbonyl (C=O) groups is 2. The third-order valence-corrected chi connectivity index (χ3v) is 6.96. The van der Waals surface area contributed by atoms with Crippen molar-refractivity contribution in [1.29, 1.82) is 0 Å². The number of halogens is 1. The summed E-state index contributed by atoms with van der Waals surface area (Å²) in [6.07, 6.45) is 8.96. The number of hydrogen-bond donors (Lipinski definition) is 1. The Bertz CT molecular complexity index is 1120. The molecule has 0 atom stereocenters. The van der Waals surface area contributed by atoms with E-state index in [4.69, 9.17) is 16.6 Å². The third-order valence-electron chi connectivity index (χ3n) is 6.71. The molecule has 0 spiro atoms. The van der Waals surface area contributed by atoms with Crippen molar-refractivity contribution in [2.24, 2.45) is 0 Å². The second kappa shape index (κ2) is 12.7. The number of rotatable bonds is 10. The van der Waals surface area contributed by atoms with Gasteiger partial charge in [0.2, 0.25) is 5.91 Å². The zero-order valence-electron chi connectivity index (χ0n) is 20.3. The predicted octanol–water partition coefficient (Wildman–Crippen LogP) is 5.63. The molecule has 1 aliphatic rings. The average molecular weight is 495 g/mol. The zero-order valence-corrected chi connectivity index (χ0v) is 21.1. The van der Waals surface area contributed by atoms with Crippen LogP contribution in [0.2, 0.25) is 5.02 Å². The molecule has 3 aromatic rings. The van der Waals surface area contributed by atoms with Crippen LogP contribution in [-0.2, 0) is 17.8 Å². The Hall–Kier alpha value is -2.86. The molecule has 0 saturated carbocycles. The lowest BCUT2D eigenvalue weighted by molar-refractivity contribution is -0.131. The lowest BCUT2D eigenvalue weighted by Gasteiger charge is -2.20. The number of likely N-dealkylation sites (tertiary alicyclic amines) is 1. The maximum Gasteiger partial charge on any atom is 0.251 e. The molecule has 0 bridgehead atoms. The van der Waals surface area contributed by atoms with Gasteiger partial charge in [0.25, 0.3) is 5.91 Å². The minimum atomic E-state index is -0.0717. The van der Waals surface area contributed by atoms with Gasteiger partial charge in [-0.2, -0.15) is 0 Å². The fourth-order valence-corrected chi connectivity index (χ4v) is 4.87. The van der Waals surface area contributed by atoms with Crippen molar-refractivity contribution in [3.63, 3.8) is 0 Å². The van der Waals surface area contributed by atoms with Gasteiger partial charge in [-0.1, -0.05) is 43.0 Å². The highest BCUT2D eigenvalue weighted by Gasteiger charge is 2.17. The lowest BCUT2D eigenvalue weighted by Crippen LogP contribution is -2.32. The van der Waals surface area contributed by atoms with Gasteiger partial charge in [-0.3, -0.25) is 9.59 Å². The highest BCUT2D eigenvalue weighted by molar-refractivity contribution is 6.30. The van der Waals surface area contributed by atoms with E-state index in [-0.39, 0.29) is 11.8 Å². The number of hydrogen-bond acceptors (Lipinski definition) is 3. The summed E-state index contributed by atoms with van der Waals surface area (Å²) in [7, 11) is 0. The number of imidazole rings is 1. The quantitative estimate of drug-likeness (QED) is 0.372. The first kappa shape index (κ1) is 25.2. The van der Waals surface area contributed by atoms with Gasteiger partial charge in [0, 0.05) is 49.6 Å². The summed E-state index contributed by atoms with van der Waals surface area (Å²) in [6.45, 7) is 3.10. The standard InChI is InChI=1S/C28H35ClN4O2/c29-23-15-13-22(14-16-23)28(35)30-18-7-3-4-12-26-31-24-10-5-6-11-25(24)33(26)21-17-27(34)32-19-8-1-2-9-20-32/h5-6,10-11,13-16H,1-4,7-9,12,17-21H2,(H,30,35). The maximum atomic E-state index is 12.9. The van der Waals surface area contributed by atoms with E-state index in [2.05, 4.69) is 16.0 Å². The molecular weight excluding hydrogens is 460 g/mol. The largest absolute Gasteiger partial charge is 0.352 e. The van der Waals surface area contributed by atoms with Gasteiger partial charge in [0.1, 0.15) is 5.82 Å². The molecule has 7 heteroatoms. The second-order valence-corrected chi connectivity index (χ2v) is 9.72. The summed E-state index contributed by atoms with van der Waals surface area (Å²) in [5.41, 5.74) is 2.71.